The van der Waals surface area contributed by atoms with Crippen LogP contribution in [0.5, 0.6) is 0 Å². The number of hydrogen-bond donors (Lipinski definition) is 0. The van der Waals surface area contributed by atoms with Crippen LogP contribution in [0.15, 0.2) is 158 Å². The average molecular weight is 631 g/mol. The van der Waals surface area contributed by atoms with E-state index in [-0.39, 0.29) is 0 Å². The van der Waals surface area contributed by atoms with Gasteiger partial charge in [0.25, 0.3) is 0 Å². The van der Waals surface area contributed by atoms with Gasteiger partial charge in [-0.1, -0.05) is 127 Å². The van der Waals surface area contributed by atoms with Gasteiger partial charge in [0.1, 0.15) is 0 Å². The molecule has 0 radical (unpaired) electrons. The molecule has 13 rings (SSSR count). The van der Waals surface area contributed by atoms with Crippen molar-refractivity contribution in [3.63, 3.8) is 0 Å². The Morgan fingerprint density at radius 2 is 0.660 bits per heavy atom. The van der Waals surface area contributed by atoms with Gasteiger partial charge in [-0.25, -0.2) is 0 Å². The quantitative estimate of drug-likeness (QED) is 0.158. The number of para-hydroxylation sites is 3. The monoisotopic (exact) mass is 630 g/mol. The van der Waals surface area contributed by atoms with Crippen LogP contribution in [0.3, 0.4) is 0 Å². The number of fused-ring (bicyclic) bond motifs is 22. The lowest BCUT2D eigenvalue weighted by molar-refractivity contribution is 1.36. The van der Waals surface area contributed by atoms with Crippen LogP contribution < -0.4 is 0 Å². The predicted molar refractivity (Wildman–Crippen MR) is 211 cm³/mol. The van der Waals surface area contributed by atoms with Gasteiger partial charge in [0.15, 0.2) is 0 Å². The van der Waals surface area contributed by atoms with Crippen molar-refractivity contribution in [2.24, 2.45) is 0 Å². The second-order valence-electron chi connectivity index (χ2n) is 14.0. The van der Waals surface area contributed by atoms with E-state index in [0.717, 1.165) is 0 Å². The fourth-order valence-corrected chi connectivity index (χ4v) is 9.88. The van der Waals surface area contributed by atoms with Crippen molar-refractivity contribution in [2.45, 2.75) is 0 Å². The van der Waals surface area contributed by atoms with E-state index in [1.165, 1.54) is 121 Å². The summed E-state index contributed by atoms with van der Waals surface area (Å²) in [5.74, 6) is 0. The summed E-state index contributed by atoms with van der Waals surface area (Å²) in [6.45, 7) is 0. The number of hydrogen-bond acceptors (Lipinski definition) is 0. The smallest absolute Gasteiger partial charge is 0.0642 e. The molecule has 0 saturated heterocycles. The van der Waals surface area contributed by atoms with Gasteiger partial charge in [-0.15, -0.1) is 0 Å². The zero-order chi connectivity index (χ0) is 32.2. The second kappa shape index (κ2) is 8.68. The molecule has 0 aliphatic heterocycles. The SMILES string of the molecule is c1ccc2c(c1)-c1ccccc1-c1cc3c4ccccc4n4c3c(c1-c1ccccc1-2)c1cc2c3ccccc3n3c5ccccc5c(c23)c14. The molecule has 1 aliphatic carbocycles. The molecule has 1 aliphatic rings. The molecular weight excluding hydrogens is 605 g/mol. The van der Waals surface area contributed by atoms with Gasteiger partial charge in [0.2, 0.25) is 0 Å². The highest BCUT2D eigenvalue weighted by molar-refractivity contribution is 6.39. The maximum atomic E-state index is 2.61. The number of rotatable bonds is 0. The van der Waals surface area contributed by atoms with Crippen LogP contribution in [0.4, 0.5) is 0 Å². The van der Waals surface area contributed by atoms with E-state index < -0.39 is 0 Å². The average Bonchev–Trinajstić information content (AvgIpc) is 3.90. The minimum absolute atomic E-state index is 1.26. The van der Waals surface area contributed by atoms with E-state index in [1.807, 2.05) is 0 Å². The first-order valence-corrected chi connectivity index (χ1v) is 17.5. The zero-order valence-corrected chi connectivity index (χ0v) is 26.9. The number of aromatic nitrogens is 2. The molecule has 228 valence electrons. The molecule has 0 bridgehead atoms. The predicted octanol–water partition coefficient (Wildman–Crippen LogP) is 13.0. The van der Waals surface area contributed by atoms with Crippen LogP contribution in [0.25, 0.3) is 121 Å². The molecule has 0 spiro atoms. The number of nitrogens with zero attached hydrogens (tertiary/aromatic N) is 2. The molecule has 50 heavy (non-hydrogen) atoms. The van der Waals surface area contributed by atoms with E-state index in [4.69, 9.17) is 0 Å². The maximum absolute atomic E-state index is 2.61. The molecule has 4 heterocycles. The van der Waals surface area contributed by atoms with E-state index in [2.05, 4.69) is 167 Å². The summed E-state index contributed by atoms with van der Waals surface area (Å²) in [7, 11) is 0. The van der Waals surface area contributed by atoms with Gasteiger partial charge in [-0.3, -0.25) is 0 Å². The summed E-state index contributed by atoms with van der Waals surface area (Å²) in [5.41, 5.74) is 18.0. The third-order valence-corrected chi connectivity index (χ3v) is 11.7. The lowest BCUT2D eigenvalue weighted by Crippen LogP contribution is -1.97. The molecule has 0 atom stereocenters. The van der Waals surface area contributed by atoms with Gasteiger partial charge in [-0.05, 0) is 69.3 Å². The van der Waals surface area contributed by atoms with Crippen LogP contribution in [0.1, 0.15) is 0 Å². The Hall–Kier alpha value is -6.64. The first kappa shape index (κ1) is 25.4. The van der Waals surface area contributed by atoms with Gasteiger partial charge in [0, 0.05) is 48.7 Å². The maximum Gasteiger partial charge on any atom is 0.0642 e. The van der Waals surface area contributed by atoms with E-state index >= 15 is 0 Å². The standard InChI is InChI=1S/C48H26N2/c1-2-14-28-27(13-1)29-15-3-4-17-31(29)36-25-37-33-19-8-11-23-41(33)50-46(37)44(43(36)34-20-6-5-16-30(28)34)39-26-38-32-18-7-10-22-40(32)49-42-24-12-9-21-35(42)45(47(38)49)48(39)50/h1-26H. The summed E-state index contributed by atoms with van der Waals surface area (Å²) in [4.78, 5) is 0. The van der Waals surface area contributed by atoms with E-state index in [0.29, 0.717) is 0 Å². The second-order valence-corrected chi connectivity index (χ2v) is 14.0. The minimum atomic E-state index is 1.26. The molecular formula is C48H26N2. The molecule has 8 aromatic carbocycles. The highest BCUT2D eigenvalue weighted by Crippen LogP contribution is 2.55. The van der Waals surface area contributed by atoms with Gasteiger partial charge < -0.3 is 8.80 Å². The zero-order valence-electron chi connectivity index (χ0n) is 26.9. The molecule has 2 nitrogen and oxygen atoms in total. The normalized spacial score (nSPS) is 12.8. The fraction of sp³-hybridized carbons (Fsp3) is 0. The van der Waals surface area contributed by atoms with Crippen molar-refractivity contribution in [1.29, 1.82) is 0 Å². The Bertz CT molecular complexity index is 3430. The lowest BCUT2D eigenvalue weighted by Gasteiger charge is -2.24. The Kier molecular flexibility index (Phi) is 4.41. The first-order chi connectivity index (χ1) is 24.9. The van der Waals surface area contributed by atoms with Crippen molar-refractivity contribution < 1.29 is 0 Å². The minimum Gasteiger partial charge on any atom is -0.308 e. The van der Waals surface area contributed by atoms with Crippen LogP contribution >= 0.6 is 0 Å². The molecule has 12 aromatic rings. The van der Waals surface area contributed by atoms with Crippen molar-refractivity contribution in [3.05, 3.63) is 158 Å². The Morgan fingerprint density at radius 3 is 1.28 bits per heavy atom. The third-order valence-electron chi connectivity index (χ3n) is 11.7. The molecule has 4 aromatic heterocycles. The Balaban J connectivity index is 1.39. The van der Waals surface area contributed by atoms with Crippen LogP contribution in [-0.4, -0.2) is 8.80 Å². The first-order valence-electron chi connectivity index (χ1n) is 17.5. The van der Waals surface area contributed by atoms with Crippen LogP contribution in [-0.2, 0) is 0 Å². The molecule has 0 amide bonds. The molecule has 0 unspecified atom stereocenters. The third kappa shape index (κ3) is 2.79. The summed E-state index contributed by atoms with van der Waals surface area (Å²) >= 11 is 0. The van der Waals surface area contributed by atoms with Crippen molar-refractivity contribution in [1.82, 2.24) is 8.80 Å². The largest absolute Gasteiger partial charge is 0.308 e. The Labute approximate surface area is 286 Å². The summed E-state index contributed by atoms with van der Waals surface area (Å²) in [6, 6.07) is 59.1. The molecule has 0 saturated carbocycles. The summed E-state index contributed by atoms with van der Waals surface area (Å²) < 4.78 is 5.12. The molecule has 0 N–H and O–H groups in total. The van der Waals surface area contributed by atoms with Crippen molar-refractivity contribution in [3.8, 4) is 44.5 Å². The highest BCUT2D eigenvalue weighted by Gasteiger charge is 2.30. The van der Waals surface area contributed by atoms with E-state index in [1.54, 1.807) is 0 Å². The summed E-state index contributed by atoms with van der Waals surface area (Å²) in [6.07, 6.45) is 0. The van der Waals surface area contributed by atoms with Crippen LogP contribution in [0.2, 0.25) is 0 Å². The van der Waals surface area contributed by atoms with Crippen molar-refractivity contribution >= 4 is 76.2 Å². The van der Waals surface area contributed by atoms with E-state index in [9.17, 15) is 0 Å². The molecule has 2 heteroatoms. The van der Waals surface area contributed by atoms with Gasteiger partial charge >= 0.3 is 0 Å². The molecule has 0 fully saturated rings. The topological polar surface area (TPSA) is 8.82 Å². The van der Waals surface area contributed by atoms with Gasteiger partial charge in [0.05, 0.1) is 33.1 Å². The Morgan fingerprint density at radius 1 is 0.260 bits per heavy atom. The van der Waals surface area contributed by atoms with Crippen LogP contribution in [0, 0.1) is 0 Å². The lowest BCUT2D eigenvalue weighted by atomic mass is 9.79. The fourth-order valence-electron chi connectivity index (χ4n) is 9.88. The number of benzene rings is 8. The van der Waals surface area contributed by atoms with Crippen molar-refractivity contribution in [2.75, 3.05) is 0 Å². The highest BCUT2D eigenvalue weighted by atomic mass is 14.9. The summed E-state index contributed by atoms with van der Waals surface area (Å²) in [5, 5.41) is 10.5. The van der Waals surface area contributed by atoms with Gasteiger partial charge in [-0.2, -0.15) is 0 Å².